The van der Waals surface area contributed by atoms with Gasteiger partial charge in [0.25, 0.3) is 0 Å². The van der Waals surface area contributed by atoms with E-state index in [1.165, 1.54) is 0 Å². The topological polar surface area (TPSA) is 112 Å². The first-order valence-corrected chi connectivity index (χ1v) is 9.76. The highest BCUT2D eigenvalue weighted by Gasteiger charge is 2.21. The minimum Gasteiger partial charge on any atom is -0.326 e. The average Bonchev–Trinajstić information content (AvgIpc) is 3.15. The molecule has 30 heavy (non-hydrogen) atoms. The quantitative estimate of drug-likeness (QED) is 0.497. The number of amides is 3. The fourth-order valence-electron chi connectivity index (χ4n) is 2.84. The zero-order valence-electron chi connectivity index (χ0n) is 17.5. The van der Waals surface area contributed by atoms with E-state index in [1.807, 2.05) is 63.2 Å². The number of rotatable bonds is 6. The van der Waals surface area contributed by atoms with E-state index in [1.54, 1.807) is 13.0 Å². The molecule has 1 heterocycles. The van der Waals surface area contributed by atoms with Gasteiger partial charge in [0.05, 0.1) is 0 Å². The Kier molecular flexibility index (Phi) is 6.46. The van der Waals surface area contributed by atoms with Gasteiger partial charge in [0.15, 0.2) is 5.82 Å². The Bertz CT molecular complexity index is 1030. The molecular formula is C22H26N6O2. The smallest absolute Gasteiger partial charge is 0.320 e. The molecule has 0 spiro atoms. The molecule has 8 nitrogen and oxygen atoms in total. The van der Waals surface area contributed by atoms with Crippen molar-refractivity contribution in [1.82, 2.24) is 20.5 Å². The number of aromatic amines is 1. The first-order chi connectivity index (χ1) is 14.3. The van der Waals surface area contributed by atoms with Gasteiger partial charge < -0.3 is 16.0 Å². The standard InChI is InChI=1S/C22H26N6O2/c1-13(2)21(29)24-17-11-10-14(3)18(12-17)25-22(30)26-19(16-8-6-5-7-9-16)20-23-15(4)27-28-20/h5-13,19H,1-4H3,(H,24,29)(H,23,27,28)(H2,25,26,30). The lowest BCUT2D eigenvalue weighted by Gasteiger charge is -2.18. The van der Waals surface area contributed by atoms with E-state index in [-0.39, 0.29) is 11.8 Å². The van der Waals surface area contributed by atoms with Crippen LogP contribution in [0.25, 0.3) is 0 Å². The molecule has 156 valence electrons. The molecule has 3 rings (SSSR count). The van der Waals surface area contributed by atoms with Crippen LogP contribution in [-0.4, -0.2) is 27.1 Å². The SMILES string of the molecule is Cc1nc(C(NC(=O)Nc2cc(NC(=O)C(C)C)ccc2C)c2ccccc2)n[nH]1. The van der Waals surface area contributed by atoms with Crippen molar-refractivity contribution in [1.29, 1.82) is 0 Å². The van der Waals surface area contributed by atoms with Gasteiger partial charge in [-0.1, -0.05) is 50.2 Å². The molecule has 0 aliphatic carbocycles. The number of H-pyrrole nitrogens is 1. The van der Waals surface area contributed by atoms with Crippen LogP contribution in [0.5, 0.6) is 0 Å². The Morgan fingerprint density at radius 2 is 1.73 bits per heavy atom. The van der Waals surface area contributed by atoms with Crippen molar-refractivity contribution in [3.05, 3.63) is 71.3 Å². The fourth-order valence-corrected chi connectivity index (χ4v) is 2.84. The summed E-state index contributed by atoms with van der Waals surface area (Å²) in [6.07, 6.45) is 0. The Morgan fingerprint density at radius 3 is 2.37 bits per heavy atom. The van der Waals surface area contributed by atoms with Crippen LogP contribution < -0.4 is 16.0 Å². The number of hydrogen-bond donors (Lipinski definition) is 4. The first-order valence-electron chi connectivity index (χ1n) is 9.76. The summed E-state index contributed by atoms with van der Waals surface area (Å²) >= 11 is 0. The second-order valence-corrected chi connectivity index (χ2v) is 7.39. The third-order valence-electron chi connectivity index (χ3n) is 4.56. The van der Waals surface area contributed by atoms with Crippen molar-refractivity contribution < 1.29 is 9.59 Å². The maximum absolute atomic E-state index is 12.8. The van der Waals surface area contributed by atoms with Gasteiger partial charge in [0, 0.05) is 17.3 Å². The van der Waals surface area contributed by atoms with Gasteiger partial charge in [0.1, 0.15) is 11.9 Å². The molecule has 0 bridgehead atoms. The molecule has 0 radical (unpaired) electrons. The number of benzene rings is 2. The van der Waals surface area contributed by atoms with Crippen LogP contribution in [-0.2, 0) is 4.79 Å². The molecule has 8 heteroatoms. The number of aromatic nitrogens is 3. The summed E-state index contributed by atoms with van der Waals surface area (Å²) < 4.78 is 0. The van der Waals surface area contributed by atoms with E-state index in [2.05, 4.69) is 31.1 Å². The van der Waals surface area contributed by atoms with Crippen molar-refractivity contribution in [2.24, 2.45) is 5.92 Å². The van der Waals surface area contributed by atoms with Crippen molar-refractivity contribution in [2.75, 3.05) is 10.6 Å². The molecule has 0 aliphatic heterocycles. The van der Waals surface area contributed by atoms with Gasteiger partial charge in [-0.3, -0.25) is 9.89 Å². The number of urea groups is 1. The van der Waals surface area contributed by atoms with Crippen LogP contribution in [0, 0.1) is 19.8 Å². The molecule has 4 N–H and O–H groups in total. The lowest BCUT2D eigenvalue weighted by Crippen LogP contribution is -2.34. The normalized spacial score (nSPS) is 11.8. The van der Waals surface area contributed by atoms with Crippen molar-refractivity contribution >= 4 is 23.3 Å². The summed E-state index contributed by atoms with van der Waals surface area (Å²) in [5.41, 5.74) is 2.96. The van der Waals surface area contributed by atoms with Gasteiger partial charge in [-0.25, -0.2) is 9.78 Å². The molecule has 3 amide bonds. The lowest BCUT2D eigenvalue weighted by molar-refractivity contribution is -0.118. The molecular weight excluding hydrogens is 380 g/mol. The minimum absolute atomic E-state index is 0.0848. The van der Waals surface area contributed by atoms with E-state index >= 15 is 0 Å². The predicted octanol–water partition coefficient (Wildman–Crippen LogP) is 3.93. The number of hydrogen-bond acceptors (Lipinski definition) is 4. The van der Waals surface area contributed by atoms with Gasteiger partial charge in [-0.2, -0.15) is 5.10 Å². The van der Waals surface area contributed by atoms with E-state index in [4.69, 9.17) is 0 Å². The molecule has 0 saturated carbocycles. The Hall–Kier alpha value is -3.68. The monoisotopic (exact) mass is 406 g/mol. The molecule has 1 atom stereocenters. The Balaban J connectivity index is 1.78. The summed E-state index contributed by atoms with van der Waals surface area (Å²) in [6.45, 7) is 7.34. The van der Waals surface area contributed by atoms with Gasteiger partial charge in [0.2, 0.25) is 5.91 Å². The zero-order valence-corrected chi connectivity index (χ0v) is 17.5. The summed E-state index contributed by atoms with van der Waals surface area (Å²) in [6, 6.07) is 14.0. The number of aryl methyl sites for hydroxylation is 2. The van der Waals surface area contributed by atoms with E-state index in [0.717, 1.165) is 11.1 Å². The first kappa shape index (κ1) is 21.0. The summed E-state index contributed by atoms with van der Waals surface area (Å²) in [7, 11) is 0. The third kappa shape index (κ3) is 5.22. The number of nitrogens with one attached hydrogen (secondary N) is 4. The van der Waals surface area contributed by atoms with Crippen molar-refractivity contribution in [2.45, 2.75) is 33.7 Å². The van der Waals surface area contributed by atoms with Crippen LogP contribution in [0.4, 0.5) is 16.2 Å². The second kappa shape index (κ2) is 9.21. The largest absolute Gasteiger partial charge is 0.326 e. The zero-order chi connectivity index (χ0) is 21.7. The van der Waals surface area contributed by atoms with E-state index in [9.17, 15) is 9.59 Å². The molecule has 3 aromatic rings. The second-order valence-electron chi connectivity index (χ2n) is 7.39. The summed E-state index contributed by atoms with van der Waals surface area (Å²) in [4.78, 5) is 29.1. The maximum atomic E-state index is 12.8. The summed E-state index contributed by atoms with van der Waals surface area (Å²) in [5, 5.41) is 15.7. The Labute approximate surface area is 175 Å². The van der Waals surface area contributed by atoms with Crippen molar-refractivity contribution in [3.63, 3.8) is 0 Å². The average molecular weight is 406 g/mol. The number of carbonyl (C=O) groups excluding carboxylic acids is 2. The van der Waals surface area contributed by atoms with Gasteiger partial charge >= 0.3 is 6.03 Å². The highest BCUT2D eigenvalue weighted by Crippen LogP contribution is 2.22. The van der Waals surface area contributed by atoms with Gasteiger partial charge in [-0.05, 0) is 37.1 Å². The number of anilines is 2. The molecule has 1 aromatic heterocycles. The van der Waals surface area contributed by atoms with Crippen LogP contribution in [0.1, 0.15) is 42.7 Å². The van der Waals surface area contributed by atoms with Crippen LogP contribution in [0.2, 0.25) is 0 Å². The van der Waals surface area contributed by atoms with Gasteiger partial charge in [-0.15, -0.1) is 0 Å². The molecule has 0 aliphatic rings. The van der Waals surface area contributed by atoms with E-state index < -0.39 is 12.1 Å². The number of carbonyl (C=O) groups is 2. The molecule has 0 fully saturated rings. The van der Waals surface area contributed by atoms with E-state index in [0.29, 0.717) is 23.0 Å². The number of nitrogens with zero attached hydrogens (tertiary/aromatic N) is 2. The van der Waals surface area contributed by atoms with Crippen LogP contribution >= 0.6 is 0 Å². The molecule has 1 unspecified atom stereocenters. The third-order valence-corrected chi connectivity index (χ3v) is 4.56. The molecule has 2 aromatic carbocycles. The maximum Gasteiger partial charge on any atom is 0.320 e. The van der Waals surface area contributed by atoms with Crippen LogP contribution in [0.15, 0.2) is 48.5 Å². The van der Waals surface area contributed by atoms with Crippen LogP contribution in [0.3, 0.4) is 0 Å². The highest BCUT2D eigenvalue weighted by atomic mass is 16.2. The highest BCUT2D eigenvalue weighted by molar-refractivity contribution is 5.95. The lowest BCUT2D eigenvalue weighted by atomic mass is 10.1. The summed E-state index contributed by atoms with van der Waals surface area (Å²) in [5.74, 6) is 0.918. The Morgan fingerprint density at radius 1 is 1.00 bits per heavy atom. The minimum atomic E-state index is -0.514. The predicted molar refractivity (Wildman–Crippen MR) is 116 cm³/mol. The van der Waals surface area contributed by atoms with Crippen molar-refractivity contribution in [3.8, 4) is 0 Å². The fraction of sp³-hybridized carbons (Fsp3) is 0.273. The molecule has 0 saturated heterocycles.